The van der Waals surface area contributed by atoms with E-state index in [-0.39, 0.29) is 12.1 Å². The number of halogens is 4. The highest BCUT2D eigenvalue weighted by Crippen LogP contribution is 2.32. The van der Waals surface area contributed by atoms with E-state index in [0.717, 1.165) is 18.4 Å². The second-order valence-corrected chi connectivity index (χ2v) is 7.12. The van der Waals surface area contributed by atoms with Crippen LogP contribution in [0.2, 0.25) is 0 Å². The topological polar surface area (TPSA) is 59.1 Å². The Balaban J connectivity index is 0.000000636. The van der Waals surface area contributed by atoms with Crippen molar-refractivity contribution in [2.24, 2.45) is 0 Å². The Labute approximate surface area is 184 Å². The smallest absolute Gasteiger partial charge is 0.389 e. The van der Waals surface area contributed by atoms with Crippen molar-refractivity contribution >= 4 is 18.0 Å². The minimum atomic E-state index is -4.75. The molecule has 174 valence electrons. The number of aromatic nitrogens is 2. The number of allylic oxidation sites excluding steroid dienone is 1. The van der Waals surface area contributed by atoms with Gasteiger partial charge in [0.15, 0.2) is 5.82 Å². The third-order valence-corrected chi connectivity index (χ3v) is 4.82. The van der Waals surface area contributed by atoms with E-state index < -0.39 is 17.6 Å². The maximum Gasteiger partial charge on any atom is 0.419 e. The van der Waals surface area contributed by atoms with Gasteiger partial charge in [-0.2, -0.15) is 18.3 Å². The maximum atomic E-state index is 14.2. The van der Waals surface area contributed by atoms with Gasteiger partial charge in [-0.15, -0.1) is 5.10 Å². The molecule has 0 saturated carbocycles. The first-order valence-corrected chi connectivity index (χ1v) is 10.2. The van der Waals surface area contributed by atoms with Crippen LogP contribution >= 0.6 is 0 Å². The number of rotatable bonds is 5. The maximum absolute atomic E-state index is 14.2. The molecule has 1 aliphatic heterocycles. The van der Waals surface area contributed by atoms with E-state index in [1.807, 2.05) is 13.0 Å². The molecule has 0 unspecified atom stereocenters. The van der Waals surface area contributed by atoms with Gasteiger partial charge < -0.3 is 15.4 Å². The zero-order valence-electron chi connectivity index (χ0n) is 18.4. The fraction of sp³-hybridized carbons (Fsp3) is 0.391. The molecule has 0 amide bonds. The zero-order valence-corrected chi connectivity index (χ0v) is 18.4. The zero-order chi connectivity index (χ0) is 23.7. The van der Waals surface area contributed by atoms with E-state index in [1.165, 1.54) is 25.0 Å². The number of hydrogen-bond acceptors (Lipinski definition) is 5. The van der Waals surface area contributed by atoms with E-state index in [2.05, 4.69) is 27.4 Å². The van der Waals surface area contributed by atoms with Crippen LogP contribution in [0.4, 0.5) is 23.4 Å². The Hall–Kier alpha value is -2.94. The first kappa shape index (κ1) is 25.3. The molecule has 3 rings (SSSR count). The van der Waals surface area contributed by atoms with Crippen LogP contribution in [-0.4, -0.2) is 30.5 Å². The molecule has 1 aromatic heterocycles. The Kier molecular flexibility index (Phi) is 9.19. The average Bonchev–Trinajstić information content (AvgIpc) is 3.33. The van der Waals surface area contributed by atoms with Gasteiger partial charge >= 0.3 is 6.18 Å². The third kappa shape index (κ3) is 6.78. The van der Waals surface area contributed by atoms with Gasteiger partial charge in [-0.1, -0.05) is 24.8 Å². The van der Waals surface area contributed by atoms with Gasteiger partial charge in [0.25, 0.3) is 0 Å². The molecule has 0 bridgehead atoms. The molecule has 2 aromatic rings. The van der Waals surface area contributed by atoms with E-state index in [0.29, 0.717) is 28.5 Å². The Morgan fingerprint density at radius 3 is 2.41 bits per heavy atom. The van der Waals surface area contributed by atoms with Crippen molar-refractivity contribution in [1.82, 2.24) is 15.5 Å². The molecule has 2 N–H and O–H groups in total. The van der Waals surface area contributed by atoms with E-state index in [4.69, 9.17) is 4.74 Å². The number of anilines is 1. The molecular formula is C23H28F4N4O. The van der Waals surface area contributed by atoms with Crippen molar-refractivity contribution in [3.8, 4) is 0 Å². The number of nitrogens with one attached hydrogen (secondary N) is 2. The Morgan fingerprint density at radius 2 is 1.88 bits per heavy atom. The van der Waals surface area contributed by atoms with E-state index >= 15 is 0 Å². The predicted octanol–water partition coefficient (Wildman–Crippen LogP) is 3.67. The fourth-order valence-corrected chi connectivity index (χ4v) is 3.07. The average molecular weight is 452 g/mol. The van der Waals surface area contributed by atoms with Gasteiger partial charge in [0.05, 0.1) is 11.3 Å². The number of benzene rings is 1. The summed E-state index contributed by atoms with van der Waals surface area (Å²) in [5.74, 6) is -0.980. The number of hydrogen-bond donors (Lipinski definition) is 2. The molecular weight excluding hydrogens is 424 g/mol. The first-order chi connectivity index (χ1) is 15.2. The summed E-state index contributed by atoms with van der Waals surface area (Å²) in [6.45, 7) is 9.29. The molecule has 2 heterocycles. The van der Waals surface area contributed by atoms with Crippen LogP contribution in [0.25, 0.3) is 12.2 Å². The molecule has 0 aliphatic carbocycles. The highest BCUT2D eigenvalue weighted by Gasteiger charge is 2.34. The summed E-state index contributed by atoms with van der Waals surface area (Å²) in [6.07, 6.45) is 1.38. The van der Waals surface area contributed by atoms with Crippen LogP contribution in [0.15, 0.2) is 30.5 Å². The minimum absolute atomic E-state index is 0.118. The van der Waals surface area contributed by atoms with Crippen molar-refractivity contribution in [1.29, 1.82) is 0 Å². The lowest BCUT2D eigenvalue weighted by Crippen LogP contribution is -2.34. The molecule has 1 saturated heterocycles. The second kappa shape index (κ2) is 11.6. The molecule has 0 spiro atoms. The summed E-state index contributed by atoms with van der Waals surface area (Å²) in [6, 6.07) is 3.18. The first-order valence-electron chi connectivity index (χ1n) is 10.2. The van der Waals surface area contributed by atoms with Gasteiger partial charge in [0.2, 0.25) is 0 Å². The SMILES string of the molecule is C1CCOC1.C=C(/C=c1/c(NCc2cccc(C(F)(F)F)c2F)nnc(C)/c1=C/C)NC. The second-order valence-electron chi connectivity index (χ2n) is 7.12. The van der Waals surface area contributed by atoms with Crippen molar-refractivity contribution < 1.29 is 22.3 Å². The van der Waals surface area contributed by atoms with E-state index in [1.54, 1.807) is 20.0 Å². The summed E-state index contributed by atoms with van der Waals surface area (Å²) < 4.78 is 57.8. The summed E-state index contributed by atoms with van der Waals surface area (Å²) in [7, 11) is 1.71. The lowest BCUT2D eigenvalue weighted by molar-refractivity contribution is -0.140. The molecule has 9 heteroatoms. The highest BCUT2D eigenvalue weighted by molar-refractivity contribution is 5.53. The van der Waals surface area contributed by atoms with Gasteiger partial charge in [-0.05, 0) is 38.8 Å². The largest absolute Gasteiger partial charge is 0.419 e. The predicted molar refractivity (Wildman–Crippen MR) is 118 cm³/mol. The standard InChI is InChI=1S/C19H20F4N4.C4H8O/c1-5-14-12(3)26-27-18(15(14)9-11(2)24-4)25-10-13-7-6-8-16(17(13)20)19(21,22)23;1-2-4-5-3-1/h5-9,24H,2,10H2,1,3-4H3,(H,25,27);1-4H2/b14-5-,15-9+;. The van der Waals surface area contributed by atoms with Crippen LogP contribution in [-0.2, 0) is 17.5 Å². The van der Waals surface area contributed by atoms with Gasteiger partial charge in [-0.3, -0.25) is 0 Å². The minimum Gasteiger partial charge on any atom is -0.389 e. The highest BCUT2D eigenvalue weighted by atomic mass is 19.4. The summed E-state index contributed by atoms with van der Waals surface area (Å²) in [5, 5.41) is 15.3. The number of alkyl halides is 3. The quantitative estimate of drug-likeness (QED) is 0.678. The monoisotopic (exact) mass is 452 g/mol. The van der Waals surface area contributed by atoms with Gasteiger partial charge in [0.1, 0.15) is 5.82 Å². The van der Waals surface area contributed by atoms with Crippen molar-refractivity contribution in [3.63, 3.8) is 0 Å². The number of nitrogens with zero attached hydrogens (tertiary/aromatic N) is 2. The van der Waals surface area contributed by atoms with Crippen LogP contribution in [0.5, 0.6) is 0 Å². The Morgan fingerprint density at radius 1 is 1.19 bits per heavy atom. The lowest BCUT2D eigenvalue weighted by atomic mass is 10.1. The molecule has 5 nitrogen and oxygen atoms in total. The van der Waals surface area contributed by atoms with Crippen molar-refractivity contribution in [2.75, 3.05) is 25.6 Å². The van der Waals surface area contributed by atoms with Gasteiger partial charge in [0, 0.05) is 48.5 Å². The molecule has 1 aromatic carbocycles. The molecule has 32 heavy (non-hydrogen) atoms. The van der Waals surface area contributed by atoms with Crippen LogP contribution in [0.1, 0.15) is 36.6 Å². The van der Waals surface area contributed by atoms with Crippen molar-refractivity contribution in [2.45, 2.75) is 39.4 Å². The van der Waals surface area contributed by atoms with E-state index in [9.17, 15) is 17.6 Å². The van der Waals surface area contributed by atoms with Crippen LogP contribution in [0.3, 0.4) is 0 Å². The van der Waals surface area contributed by atoms with Crippen LogP contribution < -0.4 is 21.1 Å². The third-order valence-electron chi connectivity index (χ3n) is 4.82. The summed E-state index contributed by atoms with van der Waals surface area (Å²) >= 11 is 0. The molecule has 0 atom stereocenters. The molecule has 1 fully saturated rings. The lowest BCUT2D eigenvalue weighted by Gasteiger charge is -2.12. The number of aryl methyl sites for hydroxylation is 1. The van der Waals surface area contributed by atoms with Crippen LogP contribution in [0, 0.1) is 12.7 Å². The molecule has 0 radical (unpaired) electrons. The fourth-order valence-electron chi connectivity index (χ4n) is 3.07. The van der Waals surface area contributed by atoms with Gasteiger partial charge in [-0.25, -0.2) is 4.39 Å². The summed E-state index contributed by atoms with van der Waals surface area (Å²) in [5.41, 5.74) is -0.121. The van der Waals surface area contributed by atoms with Crippen molar-refractivity contribution in [3.05, 3.63) is 63.6 Å². The molecule has 1 aliphatic rings. The summed E-state index contributed by atoms with van der Waals surface area (Å²) in [4.78, 5) is 0. The normalized spacial score (nSPS) is 14.7. The Bertz CT molecular complexity index is 1040. The number of ether oxygens (including phenoxy) is 1.